The summed E-state index contributed by atoms with van der Waals surface area (Å²) in [5.74, 6) is 0. The van der Waals surface area contributed by atoms with Crippen LogP contribution in [0.15, 0.2) is 23.1 Å². The van der Waals surface area contributed by atoms with Crippen molar-refractivity contribution < 1.29 is 8.42 Å². The minimum absolute atomic E-state index is 0.0293. The van der Waals surface area contributed by atoms with Crippen molar-refractivity contribution in [3.63, 3.8) is 0 Å². The quantitative estimate of drug-likeness (QED) is 0.838. The van der Waals surface area contributed by atoms with E-state index >= 15 is 0 Å². The monoisotopic (exact) mass is 314 g/mol. The Morgan fingerprint density at radius 1 is 1.30 bits per heavy atom. The minimum atomic E-state index is -3.46. The number of anilines is 1. The normalized spacial score (nSPS) is 23.7. The van der Waals surface area contributed by atoms with Crippen molar-refractivity contribution in [2.75, 3.05) is 12.0 Å². The summed E-state index contributed by atoms with van der Waals surface area (Å²) < 4.78 is 27.8. The summed E-state index contributed by atoms with van der Waals surface area (Å²) in [5.41, 5.74) is 7.15. The van der Waals surface area contributed by atoms with Crippen molar-refractivity contribution in [3.05, 3.63) is 23.8 Å². The molecule has 0 amide bonds. The lowest BCUT2D eigenvalue weighted by molar-refractivity contribution is 0.423. The van der Waals surface area contributed by atoms with Gasteiger partial charge in [-0.2, -0.15) is 11.8 Å². The van der Waals surface area contributed by atoms with Crippen LogP contribution in [-0.2, 0) is 10.0 Å². The molecule has 1 aliphatic rings. The number of nitrogens with one attached hydrogen (secondary N) is 1. The Morgan fingerprint density at radius 3 is 2.65 bits per heavy atom. The number of nitrogens with two attached hydrogens (primary N) is 1. The second kappa shape index (κ2) is 6.37. The number of hydrogen-bond acceptors (Lipinski definition) is 4. The zero-order chi connectivity index (χ0) is 14.8. The SMILES string of the molecule is CSC1CCCCC1NS(=O)(=O)c1ccc(N)c(C)c1. The van der Waals surface area contributed by atoms with E-state index in [1.807, 2.05) is 13.2 Å². The van der Waals surface area contributed by atoms with Crippen molar-refractivity contribution in [1.82, 2.24) is 4.72 Å². The van der Waals surface area contributed by atoms with Gasteiger partial charge in [-0.05, 0) is 49.8 Å². The highest BCUT2D eigenvalue weighted by atomic mass is 32.2. The Balaban J connectivity index is 2.19. The standard InChI is InChI=1S/C14H22N2O2S2/c1-10-9-11(7-8-12(10)15)20(17,18)16-13-5-3-4-6-14(13)19-2/h7-9,13-14,16H,3-6,15H2,1-2H3. The predicted octanol–water partition coefficient (Wildman–Crippen LogP) is 2.53. The maximum Gasteiger partial charge on any atom is 0.240 e. The molecule has 0 aliphatic heterocycles. The van der Waals surface area contributed by atoms with Crippen LogP contribution in [0.25, 0.3) is 0 Å². The molecule has 0 heterocycles. The van der Waals surface area contributed by atoms with E-state index in [1.54, 1.807) is 30.0 Å². The van der Waals surface area contributed by atoms with Crippen LogP contribution in [0.3, 0.4) is 0 Å². The first kappa shape index (κ1) is 15.7. The number of hydrogen-bond donors (Lipinski definition) is 2. The molecule has 3 N–H and O–H groups in total. The number of benzene rings is 1. The molecule has 4 nitrogen and oxygen atoms in total. The lowest BCUT2D eigenvalue weighted by atomic mass is 9.96. The summed E-state index contributed by atoms with van der Waals surface area (Å²) in [4.78, 5) is 0.301. The van der Waals surface area contributed by atoms with Crippen molar-refractivity contribution >= 4 is 27.5 Å². The lowest BCUT2D eigenvalue weighted by Gasteiger charge is -2.30. The Bertz CT molecular complexity index is 573. The van der Waals surface area contributed by atoms with Gasteiger partial charge < -0.3 is 5.73 Å². The van der Waals surface area contributed by atoms with Gasteiger partial charge in [-0.3, -0.25) is 0 Å². The molecule has 0 radical (unpaired) electrons. The maximum atomic E-state index is 12.5. The molecule has 0 aromatic heterocycles. The van der Waals surface area contributed by atoms with Crippen LogP contribution in [-0.4, -0.2) is 26.0 Å². The molecule has 2 atom stereocenters. The Hall–Kier alpha value is -0.720. The van der Waals surface area contributed by atoms with Gasteiger partial charge in [-0.1, -0.05) is 12.8 Å². The van der Waals surface area contributed by atoms with E-state index in [0.29, 0.717) is 15.8 Å². The highest BCUT2D eigenvalue weighted by Crippen LogP contribution is 2.28. The highest BCUT2D eigenvalue weighted by Gasteiger charge is 2.29. The van der Waals surface area contributed by atoms with Crippen LogP contribution in [0.4, 0.5) is 5.69 Å². The summed E-state index contributed by atoms with van der Waals surface area (Å²) in [7, 11) is -3.46. The van der Waals surface area contributed by atoms with E-state index in [-0.39, 0.29) is 6.04 Å². The van der Waals surface area contributed by atoms with Crippen LogP contribution >= 0.6 is 11.8 Å². The number of nitrogen functional groups attached to an aromatic ring is 1. The third-order valence-electron chi connectivity index (χ3n) is 3.86. The fraction of sp³-hybridized carbons (Fsp3) is 0.571. The molecule has 1 aromatic carbocycles. The smallest absolute Gasteiger partial charge is 0.240 e. The third kappa shape index (κ3) is 3.48. The molecule has 0 bridgehead atoms. The van der Waals surface area contributed by atoms with Gasteiger partial charge in [0.2, 0.25) is 10.0 Å². The van der Waals surface area contributed by atoms with Gasteiger partial charge in [0.05, 0.1) is 4.90 Å². The predicted molar refractivity (Wildman–Crippen MR) is 85.5 cm³/mol. The summed E-state index contributed by atoms with van der Waals surface area (Å²) in [6.45, 7) is 1.82. The Labute approximate surface area is 125 Å². The van der Waals surface area contributed by atoms with E-state index in [9.17, 15) is 8.42 Å². The second-order valence-corrected chi connectivity index (χ2v) is 8.10. The molecule has 1 aliphatic carbocycles. The molecule has 1 saturated carbocycles. The van der Waals surface area contributed by atoms with Gasteiger partial charge in [0.15, 0.2) is 0 Å². The van der Waals surface area contributed by atoms with Crippen molar-refractivity contribution in [2.45, 2.75) is 48.8 Å². The highest BCUT2D eigenvalue weighted by molar-refractivity contribution is 7.99. The molecule has 1 fully saturated rings. The summed E-state index contributed by atoms with van der Waals surface area (Å²) in [5, 5.41) is 0.369. The van der Waals surface area contributed by atoms with Crippen LogP contribution in [0, 0.1) is 6.92 Å². The van der Waals surface area contributed by atoms with Gasteiger partial charge in [0.25, 0.3) is 0 Å². The Morgan fingerprint density at radius 2 is 2.00 bits per heavy atom. The number of rotatable bonds is 4. The molecule has 2 rings (SSSR count). The van der Waals surface area contributed by atoms with Crippen LogP contribution in [0.2, 0.25) is 0 Å². The summed E-state index contributed by atoms with van der Waals surface area (Å²) >= 11 is 1.75. The third-order valence-corrected chi connectivity index (χ3v) is 6.52. The summed E-state index contributed by atoms with van der Waals surface area (Å²) in [6.07, 6.45) is 6.31. The first-order chi connectivity index (χ1) is 9.44. The van der Waals surface area contributed by atoms with Crippen molar-refractivity contribution in [1.29, 1.82) is 0 Å². The largest absolute Gasteiger partial charge is 0.399 e. The number of aryl methyl sites for hydroxylation is 1. The van der Waals surface area contributed by atoms with E-state index in [0.717, 1.165) is 24.8 Å². The first-order valence-corrected chi connectivity index (χ1v) is 9.62. The average molecular weight is 314 g/mol. The van der Waals surface area contributed by atoms with Gasteiger partial charge in [-0.15, -0.1) is 0 Å². The van der Waals surface area contributed by atoms with Gasteiger partial charge in [0, 0.05) is 17.0 Å². The van der Waals surface area contributed by atoms with Crippen LogP contribution < -0.4 is 10.5 Å². The lowest BCUT2D eigenvalue weighted by Crippen LogP contribution is -2.43. The zero-order valence-electron chi connectivity index (χ0n) is 11.9. The fourth-order valence-corrected chi connectivity index (χ4v) is 5.01. The van der Waals surface area contributed by atoms with Gasteiger partial charge >= 0.3 is 0 Å². The zero-order valence-corrected chi connectivity index (χ0v) is 13.6. The fourth-order valence-electron chi connectivity index (χ4n) is 2.60. The van der Waals surface area contributed by atoms with E-state index < -0.39 is 10.0 Å². The Kier molecular flexibility index (Phi) is 4.99. The summed E-state index contributed by atoms with van der Waals surface area (Å²) in [6, 6.07) is 4.88. The van der Waals surface area contributed by atoms with Crippen LogP contribution in [0.1, 0.15) is 31.2 Å². The van der Waals surface area contributed by atoms with E-state index in [1.165, 1.54) is 6.42 Å². The van der Waals surface area contributed by atoms with Gasteiger partial charge in [0.1, 0.15) is 0 Å². The number of sulfonamides is 1. The topological polar surface area (TPSA) is 72.2 Å². The molecule has 0 saturated heterocycles. The van der Waals surface area contributed by atoms with Crippen molar-refractivity contribution in [2.24, 2.45) is 0 Å². The van der Waals surface area contributed by atoms with Gasteiger partial charge in [-0.25, -0.2) is 13.1 Å². The average Bonchev–Trinajstić information content (AvgIpc) is 2.42. The molecule has 0 spiro atoms. The molecule has 20 heavy (non-hydrogen) atoms. The molecule has 112 valence electrons. The molecular formula is C14H22N2O2S2. The second-order valence-electron chi connectivity index (χ2n) is 5.30. The van der Waals surface area contributed by atoms with Crippen molar-refractivity contribution in [3.8, 4) is 0 Å². The minimum Gasteiger partial charge on any atom is -0.399 e. The molecule has 1 aromatic rings. The molecular weight excluding hydrogens is 292 g/mol. The maximum absolute atomic E-state index is 12.5. The van der Waals surface area contributed by atoms with E-state index in [2.05, 4.69) is 4.72 Å². The molecule has 2 unspecified atom stereocenters. The number of thioether (sulfide) groups is 1. The van der Waals surface area contributed by atoms with Crippen LogP contribution in [0.5, 0.6) is 0 Å². The first-order valence-electron chi connectivity index (χ1n) is 6.85. The molecule has 6 heteroatoms. The van der Waals surface area contributed by atoms with E-state index in [4.69, 9.17) is 5.73 Å².